The molecule has 3 unspecified atom stereocenters. The number of amides is 4. The number of carbonyl (C=O) groups is 5. The van der Waals surface area contributed by atoms with E-state index in [9.17, 15) is 29.1 Å². The number of likely N-dealkylation sites (tertiary alicyclic amines) is 1. The summed E-state index contributed by atoms with van der Waals surface area (Å²) < 4.78 is 5.56. The summed E-state index contributed by atoms with van der Waals surface area (Å²) in [5.41, 5.74) is 3.76. The molecule has 2 saturated carbocycles. The number of hydrogen-bond acceptors (Lipinski definition) is 8. The number of aliphatic hydroxyl groups excluding tert-OH is 1. The summed E-state index contributed by atoms with van der Waals surface area (Å²) in [4.78, 5) is 67.1. The van der Waals surface area contributed by atoms with Crippen LogP contribution < -0.4 is 21.7 Å². The highest BCUT2D eigenvalue weighted by Gasteiger charge is 2.69. The van der Waals surface area contributed by atoms with Gasteiger partial charge in [0.2, 0.25) is 11.7 Å². The third kappa shape index (κ3) is 9.90. The van der Waals surface area contributed by atoms with Crippen molar-refractivity contribution in [2.75, 3.05) is 6.54 Å². The Kier molecular flexibility index (Phi) is 12.2. The molecule has 0 spiro atoms. The predicted molar refractivity (Wildman–Crippen MR) is 179 cm³/mol. The zero-order valence-corrected chi connectivity index (χ0v) is 30.3. The van der Waals surface area contributed by atoms with E-state index in [1.807, 2.05) is 34.6 Å². The minimum absolute atomic E-state index is 0.0513. The summed E-state index contributed by atoms with van der Waals surface area (Å²) in [5.74, 6) is -2.18. The molecule has 0 bridgehead atoms. The number of hydrogen-bond donors (Lipinski definition) is 5. The van der Waals surface area contributed by atoms with E-state index in [1.165, 1.54) is 12.8 Å². The summed E-state index contributed by atoms with van der Waals surface area (Å²) in [7, 11) is 0. The Balaban J connectivity index is 1.79. The van der Waals surface area contributed by atoms with Crippen molar-refractivity contribution in [1.29, 1.82) is 0 Å². The zero-order valence-electron chi connectivity index (χ0n) is 30.3. The highest BCUT2D eigenvalue weighted by atomic mass is 16.6. The number of nitrogens with one attached hydrogen (secondary N) is 3. The molecule has 1 heterocycles. The number of nitrogens with zero attached hydrogens (tertiary/aromatic N) is 1. The Morgan fingerprint density at radius 3 is 2.15 bits per heavy atom. The fraction of sp³-hybridized carbons (Fsp3) is 0.857. The first-order valence-corrected chi connectivity index (χ1v) is 17.5. The lowest BCUT2D eigenvalue weighted by atomic mass is 9.85. The summed E-state index contributed by atoms with van der Waals surface area (Å²) in [6, 6.07) is -4.25. The zero-order chi connectivity index (χ0) is 35.6. The molecule has 3 rings (SSSR count). The van der Waals surface area contributed by atoms with Crippen LogP contribution in [0.15, 0.2) is 0 Å². The molecule has 4 amide bonds. The van der Waals surface area contributed by atoms with Gasteiger partial charge in [-0.05, 0) is 61.7 Å². The van der Waals surface area contributed by atoms with Crippen molar-refractivity contribution in [3.8, 4) is 0 Å². The molecule has 3 fully saturated rings. The Morgan fingerprint density at radius 2 is 1.64 bits per heavy atom. The summed E-state index contributed by atoms with van der Waals surface area (Å²) >= 11 is 0. The van der Waals surface area contributed by atoms with Gasteiger partial charge in [-0.25, -0.2) is 9.59 Å². The van der Waals surface area contributed by atoms with Crippen molar-refractivity contribution in [3.63, 3.8) is 0 Å². The minimum atomic E-state index is -1.30. The number of esters is 1. The number of fused-ring (bicyclic) bond motifs is 1. The molecule has 47 heavy (non-hydrogen) atoms. The second-order valence-corrected chi connectivity index (χ2v) is 16.9. The maximum Gasteiger partial charge on any atom is 0.329 e. The Bertz CT molecular complexity index is 1170. The smallest absolute Gasteiger partial charge is 0.329 e. The van der Waals surface area contributed by atoms with Gasteiger partial charge in [0.25, 0.3) is 5.91 Å². The van der Waals surface area contributed by atoms with Crippen LogP contribution in [0.4, 0.5) is 4.79 Å². The normalized spacial score (nSPS) is 25.1. The molecular formula is C35H61N5O7. The molecular weight excluding hydrogens is 602 g/mol. The molecule has 1 aliphatic heterocycles. The van der Waals surface area contributed by atoms with E-state index in [0.29, 0.717) is 25.8 Å². The molecule has 8 atom stereocenters. The second kappa shape index (κ2) is 14.8. The number of rotatable bonds is 16. The average molecular weight is 664 g/mol. The van der Waals surface area contributed by atoms with E-state index in [4.69, 9.17) is 10.5 Å². The fourth-order valence-electron chi connectivity index (χ4n) is 7.06. The number of piperidine rings is 1. The SMILES string of the molecule is CC[C@H](C)C(NC(=O)N[C@H](C(=O)N1C[C@H]2[C@@H]([C@H]1C(O)NC(CCCCC1CC1)C(=O)C(N)=O)C2(C)C)C(C)(C)C)C(=O)OC(C)(C)C. The molecule has 0 radical (unpaired) electrons. The van der Waals surface area contributed by atoms with E-state index in [2.05, 4.69) is 29.8 Å². The standard InChI is InChI=1S/C35H61N5O7/c1-11-19(2)24(31(45)47-34(6,7)8)38-32(46)39-27(33(3,4)5)30(44)40-18-21-23(35(21,9)10)25(40)29(43)37-22(26(41)28(36)42)15-13-12-14-20-16-17-20/h19-25,27,29,37,43H,11-18H2,1-10H3,(H2,36,42)(H2,38,39,46)/t19-,21-,22?,23-,24?,25-,27+,29?/m0/s1. The monoisotopic (exact) mass is 663 g/mol. The van der Waals surface area contributed by atoms with Crippen molar-refractivity contribution in [1.82, 2.24) is 20.9 Å². The Morgan fingerprint density at radius 1 is 1.02 bits per heavy atom. The molecule has 268 valence electrons. The van der Waals surface area contributed by atoms with Gasteiger partial charge in [0, 0.05) is 6.54 Å². The van der Waals surface area contributed by atoms with Crippen LogP contribution in [0.1, 0.15) is 114 Å². The first kappa shape index (κ1) is 38.7. The van der Waals surface area contributed by atoms with Crippen molar-refractivity contribution in [3.05, 3.63) is 0 Å². The number of unbranched alkanes of at least 4 members (excludes halogenated alkanes) is 1. The van der Waals surface area contributed by atoms with E-state index < -0.39 is 65.1 Å². The Labute approximate surface area is 281 Å². The summed E-state index contributed by atoms with van der Waals surface area (Å²) in [6.07, 6.45) is 4.84. The van der Waals surface area contributed by atoms with Crippen LogP contribution in [0.3, 0.4) is 0 Å². The largest absolute Gasteiger partial charge is 0.458 e. The Hall–Kier alpha value is -2.73. The van der Waals surface area contributed by atoms with E-state index >= 15 is 0 Å². The highest BCUT2D eigenvalue weighted by Crippen LogP contribution is 2.65. The molecule has 0 aromatic carbocycles. The van der Waals surface area contributed by atoms with Crippen LogP contribution in [0.25, 0.3) is 0 Å². The number of primary amides is 1. The molecule has 0 aromatic rings. The van der Waals surface area contributed by atoms with Gasteiger partial charge in [0.15, 0.2) is 0 Å². The van der Waals surface area contributed by atoms with Gasteiger partial charge >= 0.3 is 12.0 Å². The first-order valence-electron chi connectivity index (χ1n) is 17.5. The van der Waals surface area contributed by atoms with Crippen LogP contribution in [-0.4, -0.2) is 82.1 Å². The van der Waals surface area contributed by atoms with Gasteiger partial charge in [-0.15, -0.1) is 0 Å². The number of aliphatic hydroxyl groups is 1. The number of Topliss-reactive ketones (excluding diaryl/α,β-unsaturated/α-hetero) is 1. The predicted octanol–water partition coefficient (Wildman–Crippen LogP) is 3.24. The van der Waals surface area contributed by atoms with Crippen molar-refractivity contribution in [2.45, 2.75) is 150 Å². The van der Waals surface area contributed by atoms with Crippen LogP contribution in [0.5, 0.6) is 0 Å². The molecule has 12 nitrogen and oxygen atoms in total. The number of carbonyl (C=O) groups excluding carboxylic acids is 5. The van der Waals surface area contributed by atoms with E-state index in [-0.39, 0.29) is 29.1 Å². The lowest BCUT2D eigenvalue weighted by Crippen LogP contribution is -2.63. The minimum Gasteiger partial charge on any atom is -0.458 e. The van der Waals surface area contributed by atoms with Gasteiger partial charge < -0.3 is 31.1 Å². The molecule has 6 N–H and O–H groups in total. The number of ketones is 1. The fourth-order valence-corrected chi connectivity index (χ4v) is 7.06. The van der Waals surface area contributed by atoms with Gasteiger partial charge in [-0.2, -0.15) is 0 Å². The van der Waals surface area contributed by atoms with Crippen LogP contribution in [-0.2, 0) is 23.9 Å². The summed E-state index contributed by atoms with van der Waals surface area (Å²) in [5, 5.41) is 20.2. The highest BCUT2D eigenvalue weighted by molar-refractivity contribution is 6.37. The van der Waals surface area contributed by atoms with Crippen molar-refractivity contribution >= 4 is 29.6 Å². The first-order chi connectivity index (χ1) is 21.6. The van der Waals surface area contributed by atoms with E-state index in [1.54, 1.807) is 25.7 Å². The van der Waals surface area contributed by atoms with E-state index in [0.717, 1.165) is 18.8 Å². The lowest BCUT2D eigenvalue weighted by molar-refractivity contribution is -0.158. The second-order valence-electron chi connectivity index (χ2n) is 16.9. The number of ether oxygens (including phenoxy) is 1. The van der Waals surface area contributed by atoms with Crippen LogP contribution >= 0.6 is 0 Å². The average Bonchev–Trinajstić information content (AvgIpc) is 3.81. The molecule has 3 aliphatic rings. The maximum atomic E-state index is 14.3. The van der Waals surface area contributed by atoms with Crippen molar-refractivity contribution in [2.24, 2.45) is 40.2 Å². The summed E-state index contributed by atoms with van der Waals surface area (Å²) in [6.45, 7) is 19.1. The lowest BCUT2D eigenvalue weighted by Gasteiger charge is -2.40. The molecule has 0 aromatic heterocycles. The van der Waals surface area contributed by atoms with Gasteiger partial charge in [0.1, 0.15) is 23.9 Å². The van der Waals surface area contributed by atoms with Gasteiger partial charge in [-0.1, -0.05) is 87.0 Å². The third-order valence-electron chi connectivity index (χ3n) is 10.4. The number of nitrogens with two attached hydrogens (primary N) is 1. The number of urea groups is 1. The molecule has 2 aliphatic carbocycles. The third-order valence-corrected chi connectivity index (χ3v) is 10.4. The van der Waals surface area contributed by atoms with Crippen LogP contribution in [0.2, 0.25) is 0 Å². The maximum absolute atomic E-state index is 14.3. The van der Waals surface area contributed by atoms with Crippen LogP contribution in [0, 0.1) is 34.5 Å². The quantitative estimate of drug-likeness (QED) is 0.0723. The topological polar surface area (TPSA) is 180 Å². The van der Waals surface area contributed by atoms with Crippen molar-refractivity contribution < 1.29 is 33.8 Å². The molecule has 12 heteroatoms. The molecule has 1 saturated heterocycles. The van der Waals surface area contributed by atoms with Gasteiger partial charge in [-0.3, -0.25) is 19.7 Å². The van der Waals surface area contributed by atoms with Gasteiger partial charge in [0.05, 0.1) is 12.1 Å².